The van der Waals surface area contributed by atoms with Crippen LogP contribution in [0.1, 0.15) is 44.6 Å². The molecule has 0 radical (unpaired) electrons. The number of hydrogen-bond donors (Lipinski definition) is 1. The van der Waals surface area contributed by atoms with Crippen LogP contribution in [0.4, 0.5) is 5.69 Å². The predicted molar refractivity (Wildman–Crippen MR) is 85.7 cm³/mol. The Balaban J connectivity index is 2.17. The van der Waals surface area contributed by atoms with Gasteiger partial charge in [-0.15, -0.1) is 0 Å². The molecule has 0 spiro atoms. The topological polar surface area (TPSA) is 50.3 Å². The zero-order valence-corrected chi connectivity index (χ0v) is 13.7. The van der Waals surface area contributed by atoms with E-state index >= 15 is 0 Å². The van der Waals surface area contributed by atoms with Crippen LogP contribution in [0, 0.1) is 5.92 Å². The van der Waals surface area contributed by atoms with Gasteiger partial charge in [0.2, 0.25) is 0 Å². The number of anilines is 1. The second-order valence-corrected chi connectivity index (χ2v) is 6.05. The van der Waals surface area contributed by atoms with Gasteiger partial charge in [-0.2, -0.15) is 0 Å². The first kappa shape index (κ1) is 16.2. The Morgan fingerprint density at radius 1 is 1.48 bits per heavy atom. The molecule has 1 N–H and O–H groups in total. The maximum absolute atomic E-state index is 5.29. The van der Waals surface area contributed by atoms with Crippen molar-refractivity contribution in [2.45, 2.75) is 39.7 Å². The summed E-state index contributed by atoms with van der Waals surface area (Å²) in [5.74, 6) is 1.91. The first-order chi connectivity index (χ1) is 10.2. The normalized spacial score (nSPS) is 18.7. The van der Waals surface area contributed by atoms with Gasteiger partial charge < -0.3 is 15.0 Å². The van der Waals surface area contributed by atoms with E-state index in [1.165, 1.54) is 12.1 Å². The van der Waals surface area contributed by atoms with Crippen molar-refractivity contribution in [1.29, 1.82) is 0 Å². The Kier molecular flexibility index (Phi) is 5.94. The molecule has 0 saturated carbocycles. The highest BCUT2D eigenvalue weighted by atomic mass is 16.5. The highest BCUT2D eigenvalue weighted by molar-refractivity contribution is 5.50. The van der Waals surface area contributed by atoms with Crippen LogP contribution in [0.2, 0.25) is 0 Å². The molecule has 1 aromatic rings. The highest BCUT2D eigenvalue weighted by Crippen LogP contribution is 2.26. The molecule has 2 heterocycles. The smallest absolute Gasteiger partial charge is 0.131 e. The molecular formula is C16H28N4O. The van der Waals surface area contributed by atoms with E-state index in [0.717, 1.165) is 44.3 Å². The van der Waals surface area contributed by atoms with Gasteiger partial charge in [0.15, 0.2) is 0 Å². The fourth-order valence-electron chi connectivity index (χ4n) is 2.77. The molecule has 1 aliphatic heterocycles. The van der Waals surface area contributed by atoms with Crippen LogP contribution in [-0.2, 0) is 11.3 Å². The van der Waals surface area contributed by atoms with Crippen LogP contribution < -0.4 is 10.2 Å². The minimum Gasteiger partial charge on any atom is -0.384 e. The molecule has 0 amide bonds. The molecule has 1 aromatic heterocycles. The Morgan fingerprint density at radius 3 is 2.95 bits per heavy atom. The predicted octanol–water partition coefficient (Wildman–Crippen LogP) is 2.18. The lowest BCUT2D eigenvalue weighted by molar-refractivity contribution is 0.161. The lowest BCUT2D eigenvalue weighted by Crippen LogP contribution is -2.25. The van der Waals surface area contributed by atoms with Crippen LogP contribution in [0.15, 0.2) is 6.20 Å². The van der Waals surface area contributed by atoms with E-state index in [4.69, 9.17) is 9.72 Å². The maximum Gasteiger partial charge on any atom is 0.131 e. The number of methoxy groups -OCH3 is 1. The van der Waals surface area contributed by atoms with Gasteiger partial charge in [0, 0.05) is 38.6 Å². The fourth-order valence-corrected chi connectivity index (χ4v) is 2.77. The SMILES string of the molecule is CCNCc1nc(C(C)C)ncc1N1CCC(COC)C1. The zero-order chi connectivity index (χ0) is 15.2. The number of nitrogens with zero attached hydrogens (tertiary/aromatic N) is 3. The summed E-state index contributed by atoms with van der Waals surface area (Å²) >= 11 is 0. The molecule has 0 aromatic carbocycles. The van der Waals surface area contributed by atoms with Crippen molar-refractivity contribution in [3.63, 3.8) is 0 Å². The van der Waals surface area contributed by atoms with Gasteiger partial charge in [0.05, 0.1) is 24.2 Å². The number of ether oxygens (including phenoxy) is 1. The molecular weight excluding hydrogens is 264 g/mol. The lowest BCUT2D eigenvalue weighted by Gasteiger charge is -2.22. The number of rotatable bonds is 7. The van der Waals surface area contributed by atoms with Crippen molar-refractivity contribution in [3.8, 4) is 0 Å². The van der Waals surface area contributed by atoms with Crippen LogP contribution >= 0.6 is 0 Å². The molecule has 5 nitrogen and oxygen atoms in total. The number of aromatic nitrogens is 2. The molecule has 1 aliphatic rings. The summed E-state index contributed by atoms with van der Waals surface area (Å²) in [5.41, 5.74) is 2.30. The molecule has 1 fully saturated rings. The van der Waals surface area contributed by atoms with E-state index in [0.29, 0.717) is 11.8 Å². The fraction of sp³-hybridized carbons (Fsp3) is 0.750. The summed E-state index contributed by atoms with van der Waals surface area (Å²) in [7, 11) is 1.78. The molecule has 21 heavy (non-hydrogen) atoms. The summed E-state index contributed by atoms with van der Waals surface area (Å²) in [6.07, 6.45) is 3.19. The molecule has 5 heteroatoms. The van der Waals surface area contributed by atoms with Gasteiger partial charge in [-0.25, -0.2) is 9.97 Å². The molecule has 118 valence electrons. The monoisotopic (exact) mass is 292 g/mol. The summed E-state index contributed by atoms with van der Waals surface area (Å²) < 4.78 is 5.29. The van der Waals surface area contributed by atoms with Gasteiger partial charge in [0.25, 0.3) is 0 Å². The van der Waals surface area contributed by atoms with E-state index in [-0.39, 0.29) is 0 Å². The molecule has 1 saturated heterocycles. The summed E-state index contributed by atoms with van der Waals surface area (Å²) in [4.78, 5) is 11.7. The minimum absolute atomic E-state index is 0.360. The van der Waals surface area contributed by atoms with Gasteiger partial charge in [-0.05, 0) is 13.0 Å². The molecule has 1 atom stereocenters. The third kappa shape index (κ3) is 4.14. The Morgan fingerprint density at radius 2 is 2.29 bits per heavy atom. The van der Waals surface area contributed by atoms with Gasteiger partial charge >= 0.3 is 0 Å². The van der Waals surface area contributed by atoms with Crippen molar-refractivity contribution >= 4 is 5.69 Å². The maximum atomic E-state index is 5.29. The van der Waals surface area contributed by atoms with E-state index in [2.05, 4.69) is 36.0 Å². The first-order valence-corrected chi connectivity index (χ1v) is 7.96. The Bertz CT molecular complexity index is 450. The molecule has 1 unspecified atom stereocenters. The van der Waals surface area contributed by atoms with Crippen molar-refractivity contribution in [2.75, 3.05) is 38.3 Å². The van der Waals surface area contributed by atoms with Crippen LogP contribution in [0.5, 0.6) is 0 Å². The van der Waals surface area contributed by atoms with Gasteiger partial charge in [-0.1, -0.05) is 20.8 Å². The van der Waals surface area contributed by atoms with Crippen LogP contribution in [-0.4, -0.2) is 43.3 Å². The minimum atomic E-state index is 0.360. The van der Waals surface area contributed by atoms with Gasteiger partial charge in [0.1, 0.15) is 5.82 Å². The third-order valence-electron chi connectivity index (χ3n) is 3.95. The number of nitrogens with one attached hydrogen (secondary N) is 1. The van der Waals surface area contributed by atoms with E-state index < -0.39 is 0 Å². The quantitative estimate of drug-likeness (QED) is 0.835. The van der Waals surface area contributed by atoms with Crippen LogP contribution in [0.3, 0.4) is 0 Å². The van der Waals surface area contributed by atoms with E-state index in [1.807, 2.05) is 6.20 Å². The summed E-state index contributed by atoms with van der Waals surface area (Å²) in [5, 5.41) is 3.39. The van der Waals surface area contributed by atoms with E-state index in [9.17, 15) is 0 Å². The third-order valence-corrected chi connectivity index (χ3v) is 3.95. The second kappa shape index (κ2) is 7.71. The van der Waals surface area contributed by atoms with Crippen molar-refractivity contribution in [2.24, 2.45) is 5.92 Å². The zero-order valence-electron chi connectivity index (χ0n) is 13.7. The van der Waals surface area contributed by atoms with Crippen molar-refractivity contribution < 1.29 is 4.74 Å². The summed E-state index contributed by atoms with van der Waals surface area (Å²) in [6.45, 7) is 11.1. The molecule has 0 aliphatic carbocycles. The van der Waals surface area contributed by atoms with Crippen molar-refractivity contribution in [3.05, 3.63) is 17.7 Å². The molecule has 0 bridgehead atoms. The standard InChI is InChI=1S/C16H28N4O/c1-5-17-8-14-15(9-18-16(19-14)12(2)3)20-7-6-13(10-20)11-21-4/h9,12-13,17H,5-8,10-11H2,1-4H3. The molecule has 2 rings (SSSR count). The average molecular weight is 292 g/mol. The Labute approximate surface area is 128 Å². The Hall–Kier alpha value is -1.20. The second-order valence-electron chi connectivity index (χ2n) is 6.05. The highest BCUT2D eigenvalue weighted by Gasteiger charge is 2.25. The largest absolute Gasteiger partial charge is 0.384 e. The lowest BCUT2D eigenvalue weighted by atomic mass is 10.1. The van der Waals surface area contributed by atoms with Gasteiger partial charge in [-0.3, -0.25) is 0 Å². The average Bonchev–Trinajstić information content (AvgIpc) is 2.93. The first-order valence-electron chi connectivity index (χ1n) is 7.96. The number of hydrogen-bond acceptors (Lipinski definition) is 5. The van der Waals surface area contributed by atoms with Crippen molar-refractivity contribution in [1.82, 2.24) is 15.3 Å². The van der Waals surface area contributed by atoms with E-state index in [1.54, 1.807) is 7.11 Å². The summed E-state index contributed by atoms with van der Waals surface area (Å²) in [6, 6.07) is 0. The van der Waals surface area contributed by atoms with Crippen LogP contribution in [0.25, 0.3) is 0 Å².